The van der Waals surface area contributed by atoms with Gasteiger partial charge in [-0.15, -0.1) is 0 Å². The summed E-state index contributed by atoms with van der Waals surface area (Å²) in [6.07, 6.45) is 7.02. The zero-order valence-corrected chi connectivity index (χ0v) is 17.5. The number of methoxy groups -OCH3 is 1. The fraction of sp³-hybridized carbons (Fsp3) is 0.650. The second kappa shape index (κ2) is 10.1. The number of ether oxygens (including phenoxy) is 1. The number of nitrogens with one attached hydrogen (secondary N) is 1. The van der Waals surface area contributed by atoms with Crippen molar-refractivity contribution in [1.29, 1.82) is 0 Å². The van der Waals surface area contributed by atoms with Gasteiger partial charge in [-0.25, -0.2) is 8.42 Å². The summed E-state index contributed by atoms with van der Waals surface area (Å²) in [5.41, 5.74) is 0.342. The summed E-state index contributed by atoms with van der Waals surface area (Å²) >= 11 is 0. The monoisotopic (exact) mass is 396 g/mol. The topological polar surface area (TPSA) is 75.7 Å². The molecule has 152 valence electrons. The average molecular weight is 397 g/mol. The first-order valence-electron chi connectivity index (χ1n) is 9.90. The second-order valence-electron chi connectivity index (χ2n) is 7.14. The van der Waals surface area contributed by atoms with Crippen molar-refractivity contribution >= 4 is 15.9 Å². The Kier molecular flexibility index (Phi) is 8.10. The number of carbonyl (C=O) groups is 1. The molecule has 1 heterocycles. The lowest BCUT2D eigenvalue weighted by atomic mass is 10.1. The summed E-state index contributed by atoms with van der Waals surface area (Å²) < 4.78 is 33.2. The minimum atomic E-state index is -3.71. The van der Waals surface area contributed by atoms with Crippen molar-refractivity contribution in [2.24, 2.45) is 0 Å². The van der Waals surface area contributed by atoms with Gasteiger partial charge in [0, 0.05) is 24.7 Å². The Labute approximate surface area is 163 Å². The molecular formula is C20H32N2O4S. The SMILES string of the molecule is CCCCCCNC(=O)c1ccc(OC)c(S(=O)(=O)N2CCCCC2C)c1. The molecule has 1 aliphatic heterocycles. The van der Waals surface area contributed by atoms with Crippen molar-refractivity contribution in [2.45, 2.75) is 69.7 Å². The van der Waals surface area contributed by atoms with Crippen LogP contribution in [0.1, 0.15) is 69.2 Å². The van der Waals surface area contributed by atoms with Crippen LogP contribution in [0.4, 0.5) is 0 Å². The molecule has 0 radical (unpaired) electrons. The summed E-state index contributed by atoms with van der Waals surface area (Å²) in [6.45, 7) is 5.16. The van der Waals surface area contributed by atoms with E-state index in [-0.39, 0.29) is 22.6 Å². The highest BCUT2D eigenvalue weighted by atomic mass is 32.2. The molecule has 0 bridgehead atoms. The van der Waals surface area contributed by atoms with Crippen LogP contribution in [0.15, 0.2) is 23.1 Å². The number of amides is 1. The molecule has 0 aromatic heterocycles. The van der Waals surface area contributed by atoms with Crippen LogP contribution in [0.2, 0.25) is 0 Å². The molecule has 1 saturated heterocycles. The number of nitrogens with zero attached hydrogens (tertiary/aromatic N) is 1. The van der Waals surface area contributed by atoms with Gasteiger partial charge in [0.25, 0.3) is 5.91 Å². The van der Waals surface area contributed by atoms with Crippen LogP contribution in [0.25, 0.3) is 0 Å². The molecule has 6 nitrogen and oxygen atoms in total. The second-order valence-corrected chi connectivity index (χ2v) is 9.00. The Hall–Kier alpha value is -1.60. The Morgan fingerprint density at radius 3 is 2.70 bits per heavy atom. The lowest BCUT2D eigenvalue weighted by Crippen LogP contribution is -2.42. The maximum absolute atomic E-state index is 13.2. The van der Waals surface area contributed by atoms with Crippen LogP contribution in [-0.4, -0.2) is 44.9 Å². The van der Waals surface area contributed by atoms with E-state index in [1.54, 1.807) is 12.1 Å². The van der Waals surface area contributed by atoms with E-state index in [9.17, 15) is 13.2 Å². The third kappa shape index (κ3) is 5.45. The number of piperidine rings is 1. The molecule has 1 aromatic carbocycles. The Morgan fingerprint density at radius 2 is 2.04 bits per heavy atom. The number of hydrogen-bond donors (Lipinski definition) is 1. The number of hydrogen-bond acceptors (Lipinski definition) is 4. The first kappa shape index (κ1) is 21.7. The molecule has 1 aliphatic rings. The van der Waals surface area contributed by atoms with E-state index in [4.69, 9.17) is 4.74 Å². The van der Waals surface area contributed by atoms with E-state index in [0.717, 1.165) is 44.9 Å². The molecule has 1 N–H and O–H groups in total. The van der Waals surface area contributed by atoms with Crippen molar-refractivity contribution in [3.8, 4) is 5.75 Å². The van der Waals surface area contributed by atoms with Gasteiger partial charge >= 0.3 is 0 Å². The van der Waals surface area contributed by atoms with Crippen LogP contribution in [-0.2, 0) is 10.0 Å². The van der Waals surface area contributed by atoms with Gasteiger partial charge in [-0.1, -0.05) is 32.6 Å². The van der Waals surface area contributed by atoms with Gasteiger partial charge < -0.3 is 10.1 Å². The number of rotatable bonds is 9. The van der Waals surface area contributed by atoms with Crippen molar-refractivity contribution in [3.05, 3.63) is 23.8 Å². The lowest BCUT2D eigenvalue weighted by molar-refractivity contribution is 0.0952. The average Bonchev–Trinajstić information content (AvgIpc) is 2.67. The van der Waals surface area contributed by atoms with Crippen LogP contribution < -0.4 is 10.1 Å². The largest absolute Gasteiger partial charge is 0.495 e. The molecular weight excluding hydrogens is 364 g/mol. The molecule has 1 amide bonds. The van der Waals surface area contributed by atoms with E-state index in [0.29, 0.717) is 18.7 Å². The zero-order valence-electron chi connectivity index (χ0n) is 16.7. The van der Waals surface area contributed by atoms with Crippen LogP contribution >= 0.6 is 0 Å². The summed E-state index contributed by atoms with van der Waals surface area (Å²) in [5, 5.41) is 2.87. The Morgan fingerprint density at radius 1 is 1.26 bits per heavy atom. The van der Waals surface area contributed by atoms with E-state index in [1.165, 1.54) is 17.5 Å². The highest BCUT2D eigenvalue weighted by Crippen LogP contribution is 2.31. The lowest BCUT2D eigenvalue weighted by Gasteiger charge is -2.32. The van der Waals surface area contributed by atoms with Gasteiger partial charge in [0.2, 0.25) is 10.0 Å². The van der Waals surface area contributed by atoms with Gasteiger partial charge in [-0.2, -0.15) is 4.31 Å². The van der Waals surface area contributed by atoms with E-state index >= 15 is 0 Å². The highest BCUT2D eigenvalue weighted by molar-refractivity contribution is 7.89. The Balaban J connectivity index is 2.20. The van der Waals surface area contributed by atoms with Gasteiger partial charge in [0.1, 0.15) is 10.6 Å². The maximum Gasteiger partial charge on any atom is 0.251 e. The summed E-state index contributed by atoms with van der Waals surface area (Å²) in [5.74, 6) is 0.0181. The number of sulfonamides is 1. The predicted molar refractivity (Wildman–Crippen MR) is 107 cm³/mol. The summed E-state index contributed by atoms with van der Waals surface area (Å²) in [7, 11) is -2.27. The van der Waals surface area contributed by atoms with E-state index in [1.807, 2.05) is 6.92 Å². The van der Waals surface area contributed by atoms with Crippen LogP contribution in [0.3, 0.4) is 0 Å². The van der Waals surface area contributed by atoms with Gasteiger partial charge in [-0.3, -0.25) is 4.79 Å². The molecule has 1 unspecified atom stereocenters. The summed E-state index contributed by atoms with van der Waals surface area (Å²) in [4.78, 5) is 12.5. The fourth-order valence-electron chi connectivity index (χ4n) is 3.43. The fourth-order valence-corrected chi connectivity index (χ4v) is 5.31. The zero-order chi connectivity index (χ0) is 19.9. The molecule has 1 atom stereocenters. The standard InChI is InChI=1S/C20H32N2O4S/c1-4-5-6-8-13-21-20(23)17-11-12-18(26-3)19(15-17)27(24,25)22-14-9-7-10-16(22)2/h11-12,15-16H,4-10,13-14H2,1-3H3,(H,21,23). The molecule has 0 aliphatic carbocycles. The number of carbonyl (C=O) groups excluding carboxylic acids is 1. The van der Waals surface area contributed by atoms with E-state index < -0.39 is 10.0 Å². The molecule has 0 saturated carbocycles. The minimum absolute atomic E-state index is 0.0514. The normalized spacial score (nSPS) is 18.3. The van der Waals surface area contributed by atoms with Gasteiger partial charge in [-0.05, 0) is 44.4 Å². The quantitative estimate of drug-likeness (QED) is 0.648. The van der Waals surface area contributed by atoms with E-state index in [2.05, 4.69) is 12.2 Å². The molecule has 7 heteroatoms. The Bertz CT molecular complexity index is 733. The van der Waals surface area contributed by atoms with Crippen LogP contribution in [0.5, 0.6) is 5.75 Å². The molecule has 2 rings (SSSR count). The predicted octanol–water partition coefficient (Wildman–Crippen LogP) is 3.57. The minimum Gasteiger partial charge on any atom is -0.495 e. The molecule has 1 fully saturated rings. The van der Waals surface area contributed by atoms with Crippen molar-refractivity contribution in [2.75, 3.05) is 20.2 Å². The first-order chi connectivity index (χ1) is 12.9. The third-order valence-electron chi connectivity index (χ3n) is 5.07. The van der Waals surface area contributed by atoms with Gasteiger partial charge in [0.15, 0.2) is 0 Å². The smallest absolute Gasteiger partial charge is 0.251 e. The van der Waals surface area contributed by atoms with Crippen molar-refractivity contribution in [1.82, 2.24) is 9.62 Å². The molecule has 0 spiro atoms. The summed E-state index contributed by atoms with van der Waals surface area (Å²) in [6, 6.07) is 4.56. The third-order valence-corrected chi connectivity index (χ3v) is 7.11. The number of unbranched alkanes of at least 4 members (excludes halogenated alkanes) is 3. The molecule has 27 heavy (non-hydrogen) atoms. The first-order valence-corrected chi connectivity index (χ1v) is 11.3. The number of benzene rings is 1. The van der Waals surface area contributed by atoms with Gasteiger partial charge in [0.05, 0.1) is 7.11 Å². The van der Waals surface area contributed by atoms with Crippen molar-refractivity contribution in [3.63, 3.8) is 0 Å². The highest BCUT2D eigenvalue weighted by Gasteiger charge is 2.33. The van der Waals surface area contributed by atoms with Crippen molar-refractivity contribution < 1.29 is 17.9 Å². The molecule has 1 aromatic rings. The van der Waals surface area contributed by atoms with Crippen LogP contribution in [0, 0.1) is 0 Å². The maximum atomic E-state index is 13.2.